The van der Waals surface area contributed by atoms with Gasteiger partial charge < -0.3 is 5.11 Å². The monoisotopic (exact) mass is 168 g/mol. The largest absolute Gasteiger partial charge is 0.507 e. The van der Waals surface area contributed by atoms with Gasteiger partial charge in [0.15, 0.2) is 0 Å². The summed E-state index contributed by atoms with van der Waals surface area (Å²) in [4.78, 5) is 0. The van der Waals surface area contributed by atoms with Gasteiger partial charge in [0.1, 0.15) is 5.75 Å². The van der Waals surface area contributed by atoms with Gasteiger partial charge in [-0.05, 0) is 22.8 Å². The van der Waals surface area contributed by atoms with Crippen LogP contribution in [0.25, 0.3) is 22.3 Å². The minimum Gasteiger partial charge on any atom is -0.507 e. The summed E-state index contributed by atoms with van der Waals surface area (Å²) in [6.07, 6.45) is 0. The Labute approximate surface area is 76.3 Å². The van der Waals surface area contributed by atoms with Gasteiger partial charge in [-0.3, -0.25) is 0 Å². The average Bonchev–Trinajstić information content (AvgIpc) is 2.14. The quantitative estimate of drug-likeness (QED) is 0.547. The van der Waals surface area contributed by atoms with Crippen molar-refractivity contribution in [1.29, 1.82) is 0 Å². The van der Waals surface area contributed by atoms with Crippen LogP contribution in [0.3, 0.4) is 0 Å². The number of phenolic OH excluding ortho intramolecular Hbond substituents is 1. The molecule has 1 N–H and O–H groups in total. The predicted molar refractivity (Wildman–Crippen MR) is 52.5 cm³/mol. The first-order valence-corrected chi connectivity index (χ1v) is 4.29. The Morgan fingerprint density at radius 1 is 0.692 bits per heavy atom. The van der Waals surface area contributed by atoms with E-state index in [0.717, 1.165) is 16.7 Å². The molecule has 0 saturated heterocycles. The maximum atomic E-state index is 9.60. The molecule has 0 heterocycles. The third-order valence-corrected chi connectivity index (χ3v) is 2.53. The van der Waals surface area contributed by atoms with Crippen molar-refractivity contribution in [3.8, 4) is 28.0 Å². The van der Waals surface area contributed by atoms with E-state index < -0.39 is 0 Å². The summed E-state index contributed by atoms with van der Waals surface area (Å²) in [7, 11) is 0. The molecule has 0 radical (unpaired) electrons. The number of phenols is 1. The molecule has 1 nitrogen and oxygen atoms in total. The highest BCUT2D eigenvalue weighted by Gasteiger charge is 2.23. The van der Waals surface area contributed by atoms with Crippen LogP contribution in [0.4, 0.5) is 0 Å². The molecule has 3 rings (SSSR count). The van der Waals surface area contributed by atoms with Gasteiger partial charge in [-0.15, -0.1) is 0 Å². The Balaban J connectivity index is 2.35. The standard InChI is InChI=1S/C12H8O/c13-11-7-3-6-10-8-4-1-2-5-9(8)12(10)11/h1-7,13H. The van der Waals surface area contributed by atoms with Gasteiger partial charge in [0, 0.05) is 5.56 Å². The minimum atomic E-state index is 0.385. The maximum absolute atomic E-state index is 9.60. The van der Waals surface area contributed by atoms with Crippen molar-refractivity contribution in [1.82, 2.24) is 0 Å². The molecule has 62 valence electrons. The van der Waals surface area contributed by atoms with E-state index in [-0.39, 0.29) is 0 Å². The van der Waals surface area contributed by atoms with Crippen LogP contribution in [-0.2, 0) is 0 Å². The molecule has 0 saturated carbocycles. The van der Waals surface area contributed by atoms with Crippen molar-refractivity contribution < 1.29 is 5.11 Å². The Bertz CT molecular complexity index is 486. The van der Waals surface area contributed by atoms with E-state index >= 15 is 0 Å². The number of aromatic hydroxyl groups is 1. The van der Waals surface area contributed by atoms with Gasteiger partial charge in [0.2, 0.25) is 0 Å². The average molecular weight is 168 g/mol. The van der Waals surface area contributed by atoms with Crippen molar-refractivity contribution in [3.05, 3.63) is 42.5 Å². The molecule has 2 aromatic rings. The first-order chi connectivity index (χ1) is 6.38. The predicted octanol–water partition coefficient (Wildman–Crippen LogP) is 3.04. The van der Waals surface area contributed by atoms with Crippen molar-refractivity contribution in [2.24, 2.45) is 0 Å². The van der Waals surface area contributed by atoms with Crippen LogP contribution in [-0.4, -0.2) is 5.11 Å². The second-order valence-corrected chi connectivity index (χ2v) is 3.25. The lowest BCUT2D eigenvalue weighted by Gasteiger charge is -2.24. The Kier molecular flexibility index (Phi) is 1.10. The van der Waals surface area contributed by atoms with Crippen LogP contribution in [0.15, 0.2) is 42.5 Å². The van der Waals surface area contributed by atoms with Crippen LogP contribution in [0.2, 0.25) is 0 Å². The van der Waals surface area contributed by atoms with Crippen LogP contribution in [0.1, 0.15) is 0 Å². The summed E-state index contributed by atoms with van der Waals surface area (Å²) >= 11 is 0. The van der Waals surface area contributed by atoms with E-state index in [1.54, 1.807) is 6.07 Å². The lowest BCUT2D eigenvalue weighted by atomic mass is 9.80. The van der Waals surface area contributed by atoms with Crippen molar-refractivity contribution in [3.63, 3.8) is 0 Å². The van der Waals surface area contributed by atoms with Gasteiger partial charge in [0.25, 0.3) is 0 Å². The molecule has 0 aliphatic heterocycles. The molecule has 0 fully saturated rings. The van der Waals surface area contributed by atoms with Crippen LogP contribution < -0.4 is 0 Å². The number of fused-ring (bicyclic) bond motifs is 4. The zero-order chi connectivity index (χ0) is 8.84. The Morgan fingerprint density at radius 3 is 2.23 bits per heavy atom. The van der Waals surface area contributed by atoms with Crippen molar-refractivity contribution in [2.75, 3.05) is 0 Å². The molecule has 13 heavy (non-hydrogen) atoms. The molecular formula is C12H8O. The topological polar surface area (TPSA) is 20.2 Å². The van der Waals surface area contributed by atoms with E-state index in [1.807, 2.05) is 30.3 Å². The molecule has 1 aliphatic rings. The highest BCUT2D eigenvalue weighted by molar-refractivity contribution is 6.04. The fraction of sp³-hybridized carbons (Fsp3) is 0. The molecule has 0 atom stereocenters. The second-order valence-electron chi connectivity index (χ2n) is 3.25. The molecule has 0 amide bonds. The Hall–Kier alpha value is -1.76. The third kappa shape index (κ3) is 0.712. The van der Waals surface area contributed by atoms with Gasteiger partial charge in [-0.2, -0.15) is 0 Å². The second kappa shape index (κ2) is 2.13. The van der Waals surface area contributed by atoms with Crippen LogP contribution in [0, 0.1) is 0 Å². The number of benzene rings is 2. The van der Waals surface area contributed by atoms with Crippen molar-refractivity contribution >= 4 is 0 Å². The van der Waals surface area contributed by atoms with Crippen LogP contribution >= 0.6 is 0 Å². The molecule has 2 aromatic carbocycles. The molecule has 1 aliphatic carbocycles. The van der Waals surface area contributed by atoms with E-state index in [1.165, 1.54) is 5.56 Å². The summed E-state index contributed by atoms with van der Waals surface area (Å²) in [5.41, 5.74) is 4.57. The molecule has 0 spiro atoms. The van der Waals surface area contributed by atoms with Crippen molar-refractivity contribution in [2.45, 2.75) is 0 Å². The lowest BCUT2D eigenvalue weighted by molar-refractivity contribution is 0.477. The van der Waals surface area contributed by atoms with Crippen LogP contribution in [0.5, 0.6) is 5.75 Å². The maximum Gasteiger partial charge on any atom is 0.124 e. The summed E-state index contributed by atoms with van der Waals surface area (Å²) in [5, 5.41) is 9.60. The summed E-state index contributed by atoms with van der Waals surface area (Å²) in [5.74, 6) is 0.385. The number of hydrogen-bond donors (Lipinski definition) is 1. The van der Waals surface area contributed by atoms with E-state index in [2.05, 4.69) is 6.07 Å². The molecule has 0 bridgehead atoms. The molecular weight excluding hydrogens is 160 g/mol. The molecule has 0 aromatic heterocycles. The Morgan fingerprint density at radius 2 is 1.38 bits per heavy atom. The SMILES string of the molecule is Oc1cccc2c1-c1ccccc1-2. The zero-order valence-corrected chi connectivity index (χ0v) is 6.99. The summed E-state index contributed by atoms with van der Waals surface area (Å²) in [6.45, 7) is 0. The molecule has 1 heteroatoms. The van der Waals surface area contributed by atoms with E-state index in [0.29, 0.717) is 5.75 Å². The van der Waals surface area contributed by atoms with E-state index in [4.69, 9.17) is 0 Å². The summed E-state index contributed by atoms with van der Waals surface area (Å²) < 4.78 is 0. The third-order valence-electron chi connectivity index (χ3n) is 2.53. The van der Waals surface area contributed by atoms with Gasteiger partial charge in [0.05, 0.1) is 0 Å². The first-order valence-electron chi connectivity index (χ1n) is 4.29. The van der Waals surface area contributed by atoms with Gasteiger partial charge in [-0.1, -0.05) is 36.4 Å². The fourth-order valence-corrected chi connectivity index (χ4v) is 1.92. The normalized spacial score (nSPS) is 11.4. The minimum absolute atomic E-state index is 0.385. The first kappa shape index (κ1) is 6.72. The summed E-state index contributed by atoms with van der Waals surface area (Å²) in [6, 6.07) is 13.8. The lowest BCUT2D eigenvalue weighted by Crippen LogP contribution is -1.97. The van der Waals surface area contributed by atoms with Gasteiger partial charge >= 0.3 is 0 Å². The highest BCUT2D eigenvalue weighted by Crippen LogP contribution is 2.50. The highest BCUT2D eigenvalue weighted by atomic mass is 16.3. The fourth-order valence-electron chi connectivity index (χ4n) is 1.92. The van der Waals surface area contributed by atoms with Gasteiger partial charge in [-0.25, -0.2) is 0 Å². The molecule has 0 unspecified atom stereocenters. The number of hydrogen-bond acceptors (Lipinski definition) is 1. The zero-order valence-electron chi connectivity index (χ0n) is 6.99. The smallest absolute Gasteiger partial charge is 0.124 e. The number of rotatable bonds is 0. The van der Waals surface area contributed by atoms with E-state index in [9.17, 15) is 5.11 Å².